The molecular weight excluding hydrogens is 336 g/mol. The maximum Gasteiger partial charge on any atom is 0.236 e. The zero-order chi connectivity index (χ0) is 15.4. The van der Waals surface area contributed by atoms with Crippen molar-refractivity contribution in [1.82, 2.24) is 15.2 Å². The third-order valence-electron chi connectivity index (χ3n) is 2.65. The van der Waals surface area contributed by atoms with Crippen LogP contribution in [-0.4, -0.2) is 26.8 Å². The molecule has 1 N–H and O–H groups in total. The molecule has 0 atom stereocenters. The van der Waals surface area contributed by atoms with Gasteiger partial charge in [0.15, 0.2) is 4.34 Å². The number of aromatic nitrogens is 3. The number of hydrogen-bond acceptors (Lipinski definition) is 7. The molecule has 0 unspecified atom stereocenters. The van der Waals surface area contributed by atoms with E-state index in [-0.39, 0.29) is 5.91 Å². The molecule has 1 amide bonds. The van der Waals surface area contributed by atoms with Crippen molar-refractivity contribution in [1.29, 1.82) is 0 Å². The van der Waals surface area contributed by atoms with E-state index >= 15 is 0 Å². The SMILES string of the molecule is Cc1nnc(NC(=O)CSc2nc(-c3ccccc3)cs2)s1. The maximum absolute atomic E-state index is 11.9. The molecule has 0 saturated carbocycles. The lowest BCUT2D eigenvalue weighted by Gasteiger charge is -1.99. The Kier molecular flexibility index (Phi) is 4.81. The molecule has 0 aliphatic rings. The zero-order valence-corrected chi connectivity index (χ0v) is 14.1. The van der Waals surface area contributed by atoms with Gasteiger partial charge in [0.2, 0.25) is 11.0 Å². The Morgan fingerprint density at radius 1 is 1.27 bits per heavy atom. The highest BCUT2D eigenvalue weighted by molar-refractivity contribution is 8.01. The predicted molar refractivity (Wildman–Crippen MR) is 91.5 cm³/mol. The van der Waals surface area contributed by atoms with Gasteiger partial charge < -0.3 is 0 Å². The number of carbonyl (C=O) groups is 1. The van der Waals surface area contributed by atoms with Gasteiger partial charge in [0.25, 0.3) is 0 Å². The number of nitrogens with one attached hydrogen (secondary N) is 1. The first-order valence-corrected chi connectivity index (χ1v) is 9.12. The van der Waals surface area contributed by atoms with E-state index < -0.39 is 0 Å². The third-order valence-corrected chi connectivity index (χ3v) is 5.43. The van der Waals surface area contributed by atoms with Crippen LogP contribution in [0.2, 0.25) is 0 Å². The highest BCUT2D eigenvalue weighted by atomic mass is 32.2. The summed E-state index contributed by atoms with van der Waals surface area (Å²) < 4.78 is 0.877. The van der Waals surface area contributed by atoms with Crippen molar-refractivity contribution in [3.63, 3.8) is 0 Å². The Morgan fingerprint density at radius 2 is 2.09 bits per heavy atom. The standard InChI is InChI=1S/C14H12N4OS3/c1-9-17-18-13(22-9)16-12(19)8-21-14-15-11(7-20-14)10-5-3-2-4-6-10/h2-7H,8H2,1H3,(H,16,18,19). The second-order valence-corrected chi connectivity index (χ2v) is 7.59. The number of hydrogen-bond donors (Lipinski definition) is 1. The summed E-state index contributed by atoms with van der Waals surface area (Å²) in [5.74, 6) is 0.206. The van der Waals surface area contributed by atoms with E-state index in [0.29, 0.717) is 10.9 Å². The average Bonchev–Trinajstić information content (AvgIpc) is 3.15. The van der Waals surface area contributed by atoms with Crippen molar-refractivity contribution in [2.75, 3.05) is 11.1 Å². The van der Waals surface area contributed by atoms with E-state index in [1.807, 2.05) is 42.6 Å². The first kappa shape index (κ1) is 15.1. The van der Waals surface area contributed by atoms with E-state index in [4.69, 9.17) is 0 Å². The summed E-state index contributed by atoms with van der Waals surface area (Å²) in [6.45, 7) is 1.85. The topological polar surface area (TPSA) is 67.8 Å². The molecule has 2 heterocycles. The fourth-order valence-electron chi connectivity index (χ4n) is 1.69. The van der Waals surface area contributed by atoms with Crippen molar-refractivity contribution in [2.45, 2.75) is 11.3 Å². The number of thioether (sulfide) groups is 1. The summed E-state index contributed by atoms with van der Waals surface area (Å²) in [6, 6.07) is 9.99. The van der Waals surface area contributed by atoms with Crippen LogP contribution in [0.1, 0.15) is 5.01 Å². The summed E-state index contributed by atoms with van der Waals surface area (Å²) >= 11 is 4.33. The summed E-state index contributed by atoms with van der Waals surface area (Å²) in [7, 11) is 0. The van der Waals surface area contributed by atoms with Gasteiger partial charge in [-0.3, -0.25) is 10.1 Å². The molecule has 3 aromatic rings. The minimum atomic E-state index is -0.0994. The Balaban J connectivity index is 1.56. The first-order chi connectivity index (χ1) is 10.7. The van der Waals surface area contributed by atoms with Crippen LogP contribution in [0, 0.1) is 6.92 Å². The molecule has 0 aliphatic heterocycles. The fraction of sp³-hybridized carbons (Fsp3) is 0.143. The van der Waals surface area contributed by atoms with Crippen LogP contribution in [0.5, 0.6) is 0 Å². The lowest BCUT2D eigenvalue weighted by Crippen LogP contribution is -2.13. The number of benzene rings is 1. The molecule has 8 heteroatoms. The molecule has 2 aromatic heterocycles. The second kappa shape index (κ2) is 6.99. The van der Waals surface area contributed by atoms with Crippen LogP contribution in [0.4, 0.5) is 5.13 Å². The molecule has 5 nitrogen and oxygen atoms in total. The predicted octanol–water partition coefficient (Wildman–Crippen LogP) is 3.70. The van der Waals surface area contributed by atoms with Gasteiger partial charge in [-0.1, -0.05) is 53.4 Å². The Hall–Kier alpha value is -1.77. The van der Waals surface area contributed by atoms with Crippen molar-refractivity contribution in [2.24, 2.45) is 0 Å². The molecule has 0 radical (unpaired) electrons. The van der Waals surface area contributed by atoms with Crippen LogP contribution in [-0.2, 0) is 4.79 Å². The molecule has 3 rings (SSSR count). The third kappa shape index (κ3) is 3.90. The quantitative estimate of drug-likeness (QED) is 0.712. The van der Waals surface area contributed by atoms with E-state index in [1.54, 1.807) is 11.3 Å². The summed E-state index contributed by atoms with van der Waals surface area (Å²) in [5.41, 5.74) is 2.02. The zero-order valence-electron chi connectivity index (χ0n) is 11.6. The highest BCUT2D eigenvalue weighted by Gasteiger charge is 2.10. The Morgan fingerprint density at radius 3 is 2.82 bits per heavy atom. The monoisotopic (exact) mass is 348 g/mol. The van der Waals surface area contributed by atoms with Crippen molar-refractivity contribution >= 4 is 45.5 Å². The van der Waals surface area contributed by atoms with Gasteiger partial charge >= 0.3 is 0 Å². The molecule has 112 valence electrons. The number of nitrogens with zero attached hydrogens (tertiary/aromatic N) is 3. The van der Waals surface area contributed by atoms with Gasteiger partial charge in [-0.25, -0.2) is 4.98 Å². The molecule has 0 aliphatic carbocycles. The van der Waals surface area contributed by atoms with Crippen LogP contribution in [0.15, 0.2) is 40.1 Å². The molecule has 22 heavy (non-hydrogen) atoms. The summed E-state index contributed by atoms with van der Waals surface area (Å²) in [6.07, 6.45) is 0. The average molecular weight is 348 g/mol. The van der Waals surface area contributed by atoms with Gasteiger partial charge in [0, 0.05) is 10.9 Å². The van der Waals surface area contributed by atoms with Gasteiger partial charge in [-0.2, -0.15) is 0 Å². The summed E-state index contributed by atoms with van der Waals surface area (Å²) in [4.78, 5) is 16.4. The number of rotatable bonds is 5. The van der Waals surface area contributed by atoms with E-state index in [9.17, 15) is 4.79 Å². The lowest BCUT2D eigenvalue weighted by molar-refractivity contribution is -0.113. The molecule has 0 saturated heterocycles. The molecule has 0 bridgehead atoms. The number of aryl methyl sites for hydroxylation is 1. The maximum atomic E-state index is 11.9. The summed E-state index contributed by atoms with van der Waals surface area (Å²) in [5, 5.41) is 13.8. The molecule has 0 spiro atoms. The van der Waals surface area contributed by atoms with E-state index in [2.05, 4.69) is 20.5 Å². The van der Waals surface area contributed by atoms with Gasteiger partial charge in [-0.15, -0.1) is 21.5 Å². The van der Waals surface area contributed by atoms with Gasteiger partial charge in [0.05, 0.1) is 11.4 Å². The van der Waals surface area contributed by atoms with Gasteiger partial charge in [-0.05, 0) is 6.92 Å². The minimum absolute atomic E-state index is 0.0994. The van der Waals surface area contributed by atoms with E-state index in [1.165, 1.54) is 23.1 Å². The molecule has 0 fully saturated rings. The highest BCUT2D eigenvalue weighted by Crippen LogP contribution is 2.28. The number of amides is 1. The Bertz CT molecular complexity index is 769. The number of anilines is 1. The van der Waals surface area contributed by atoms with Gasteiger partial charge in [0.1, 0.15) is 5.01 Å². The minimum Gasteiger partial charge on any atom is -0.300 e. The Labute approximate surface area is 139 Å². The number of carbonyl (C=O) groups excluding carboxylic acids is 1. The largest absolute Gasteiger partial charge is 0.300 e. The molecule has 1 aromatic carbocycles. The lowest BCUT2D eigenvalue weighted by atomic mass is 10.2. The van der Waals surface area contributed by atoms with Crippen molar-refractivity contribution < 1.29 is 4.79 Å². The molecular formula is C14H12N4OS3. The fourth-order valence-corrected chi connectivity index (χ4v) is 3.94. The van der Waals surface area contributed by atoms with E-state index in [0.717, 1.165) is 20.6 Å². The van der Waals surface area contributed by atoms with Crippen LogP contribution < -0.4 is 5.32 Å². The van der Waals surface area contributed by atoms with Crippen LogP contribution >= 0.6 is 34.4 Å². The number of thiazole rings is 1. The van der Waals surface area contributed by atoms with Crippen molar-refractivity contribution in [3.05, 3.63) is 40.7 Å². The normalized spacial score (nSPS) is 10.6. The smallest absolute Gasteiger partial charge is 0.236 e. The van der Waals surface area contributed by atoms with Crippen molar-refractivity contribution in [3.8, 4) is 11.3 Å². The van der Waals surface area contributed by atoms with Crippen LogP contribution in [0.3, 0.4) is 0 Å². The van der Waals surface area contributed by atoms with Crippen LogP contribution in [0.25, 0.3) is 11.3 Å². The first-order valence-electron chi connectivity index (χ1n) is 6.44. The second-order valence-electron chi connectivity index (χ2n) is 4.33.